The van der Waals surface area contributed by atoms with E-state index in [4.69, 9.17) is 0 Å². The van der Waals surface area contributed by atoms with Crippen LogP contribution in [0.4, 0.5) is 0 Å². The lowest BCUT2D eigenvalue weighted by atomic mass is 9.94. The molecule has 1 aliphatic carbocycles. The highest BCUT2D eigenvalue weighted by Crippen LogP contribution is 2.42. The van der Waals surface area contributed by atoms with E-state index in [1.54, 1.807) is 0 Å². The van der Waals surface area contributed by atoms with Gasteiger partial charge in [0.2, 0.25) is 5.91 Å². The minimum absolute atomic E-state index is 0.0964. The number of hydrogen-bond acceptors (Lipinski definition) is 4. The second-order valence-corrected chi connectivity index (χ2v) is 11.1. The van der Waals surface area contributed by atoms with Crippen LogP contribution in [0.2, 0.25) is 0 Å². The summed E-state index contributed by atoms with van der Waals surface area (Å²) in [6.45, 7) is 7.58. The van der Waals surface area contributed by atoms with Gasteiger partial charge < -0.3 is 9.88 Å². The summed E-state index contributed by atoms with van der Waals surface area (Å²) in [7, 11) is 0. The fourth-order valence-electron chi connectivity index (χ4n) is 6.82. The summed E-state index contributed by atoms with van der Waals surface area (Å²) in [5.74, 6) is 3.05. The zero-order chi connectivity index (χ0) is 23.7. The number of carbonyl (C=O) groups excluding carboxylic acids is 1. The number of amides is 1. The van der Waals surface area contributed by atoms with Gasteiger partial charge >= 0.3 is 0 Å². The predicted molar refractivity (Wildman–Crippen MR) is 135 cm³/mol. The number of benzene rings is 1. The van der Waals surface area contributed by atoms with Crippen LogP contribution in [-0.4, -0.2) is 44.2 Å². The van der Waals surface area contributed by atoms with Crippen LogP contribution >= 0.6 is 0 Å². The van der Waals surface area contributed by atoms with Gasteiger partial charge in [0.25, 0.3) is 0 Å². The molecule has 3 heterocycles. The molecule has 6 nitrogen and oxygen atoms in total. The molecule has 3 fully saturated rings. The molecule has 2 aromatic rings. The summed E-state index contributed by atoms with van der Waals surface area (Å²) in [4.78, 5) is 15.7. The number of aromatic nitrogens is 3. The Kier molecular flexibility index (Phi) is 7.05. The molecule has 2 bridgehead atoms. The van der Waals surface area contributed by atoms with Crippen molar-refractivity contribution in [3.8, 4) is 0 Å². The molecular formula is C28H41N5O. The maximum atomic E-state index is 13.0. The van der Waals surface area contributed by atoms with Gasteiger partial charge in [-0.15, -0.1) is 10.2 Å². The third kappa shape index (κ3) is 4.79. The van der Waals surface area contributed by atoms with Crippen molar-refractivity contribution in [3.05, 3.63) is 47.5 Å². The number of piperidine rings is 1. The topological polar surface area (TPSA) is 63.1 Å². The minimum atomic E-state index is 0.0964. The number of fused-ring (bicyclic) bond motifs is 2. The Morgan fingerprint density at radius 1 is 1.00 bits per heavy atom. The van der Waals surface area contributed by atoms with Gasteiger partial charge in [-0.2, -0.15) is 0 Å². The lowest BCUT2D eigenvalue weighted by molar-refractivity contribution is -0.125. The van der Waals surface area contributed by atoms with Gasteiger partial charge in [0.15, 0.2) is 0 Å². The zero-order valence-electron chi connectivity index (χ0n) is 21.1. The Morgan fingerprint density at radius 3 is 2.32 bits per heavy atom. The van der Waals surface area contributed by atoms with Crippen LogP contribution in [0.1, 0.15) is 107 Å². The second-order valence-electron chi connectivity index (χ2n) is 11.1. The monoisotopic (exact) mass is 463 g/mol. The van der Waals surface area contributed by atoms with E-state index in [1.807, 2.05) is 0 Å². The number of rotatable bonds is 8. The Balaban J connectivity index is 1.26. The van der Waals surface area contributed by atoms with E-state index in [-0.39, 0.29) is 17.9 Å². The smallest absolute Gasteiger partial charge is 0.223 e. The van der Waals surface area contributed by atoms with E-state index >= 15 is 0 Å². The van der Waals surface area contributed by atoms with Gasteiger partial charge in [-0.1, -0.05) is 57.0 Å². The lowest BCUT2D eigenvalue weighted by Crippen LogP contribution is -2.45. The molecule has 1 N–H and O–H groups in total. The Labute approximate surface area is 204 Å². The first-order valence-corrected chi connectivity index (χ1v) is 13.5. The third-order valence-corrected chi connectivity index (χ3v) is 8.55. The number of carbonyl (C=O) groups is 1. The molecular weight excluding hydrogens is 422 g/mol. The number of aryl methyl sites for hydroxylation is 1. The molecule has 1 saturated carbocycles. The fourth-order valence-corrected chi connectivity index (χ4v) is 6.82. The summed E-state index contributed by atoms with van der Waals surface area (Å²) in [5, 5.41) is 12.3. The van der Waals surface area contributed by atoms with Crippen LogP contribution in [0, 0.1) is 12.8 Å². The number of hydrogen-bond donors (Lipinski definition) is 1. The lowest BCUT2D eigenvalue weighted by Gasteiger charge is -2.40. The van der Waals surface area contributed by atoms with Gasteiger partial charge in [0.05, 0.1) is 6.04 Å². The molecule has 3 atom stereocenters. The summed E-state index contributed by atoms with van der Waals surface area (Å²) >= 11 is 0. The summed E-state index contributed by atoms with van der Waals surface area (Å²) in [6, 6.07) is 12.4. The van der Waals surface area contributed by atoms with Crippen molar-refractivity contribution < 1.29 is 4.79 Å². The minimum Gasteiger partial charge on any atom is -0.349 e. The molecule has 2 aliphatic heterocycles. The Hall–Kier alpha value is -2.21. The zero-order valence-corrected chi connectivity index (χ0v) is 21.1. The highest BCUT2D eigenvalue weighted by Gasteiger charge is 2.42. The molecule has 0 spiro atoms. The molecule has 5 rings (SSSR count). The van der Waals surface area contributed by atoms with Crippen molar-refractivity contribution in [2.24, 2.45) is 5.92 Å². The van der Waals surface area contributed by atoms with Crippen molar-refractivity contribution >= 4 is 5.91 Å². The normalized spacial score (nSPS) is 26.3. The van der Waals surface area contributed by atoms with E-state index in [0.717, 1.165) is 37.5 Å². The first-order chi connectivity index (χ1) is 16.5. The van der Waals surface area contributed by atoms with Crippen LogP contribution in [0.25, 0.3) is 0 Å². The van der Waals surface area contributed by atoms with Crippen molar-refractivity contribution in [2.45, 2.75) is 109 Å². The number of nitrogens with zero attached hydrogens (tertiary/aromatic N) is 4. The summed E-state index contributed by atoms with van der Waals surface area (Å²) < 4.78 is 2.43. The third-order valence-electron chi connectivity index (χ3n) is 8.55. The fraction of sp³-hybridized carbons (Fsp3) is 0.679. The van der Waals surface area contributed by atoms with E-state index < -0.39 is 0 Å². The predicted octanol–water partition coefficient (Wildman–Crippen LogP) is 5.32. The van der Waals surface area contributed by atoms with Gasteiger partial charge in [-0.3, -0.25) is 9.69 Å². The molecule has 0 radical (unpaired) electrons. The average molecular weight is 464 g/mol. The standard InChI is InChI=1S/C28H41N5O/c1-19(2)27-31-30-20(3)33(27)25-17-23-13-14-24(18-25)32(23)16-15-26(21-9-5-4-6-10-21)29-28(34)22-11-7-8-12-22/h4-6,9-10,19,22-26H,7-8,11-18H2,1-3H3,(H,29,34)/t23?,24?,25?,26-/m0/s1. The maximum Gasteiger partial charge on any atom is 0.223 e. The highest BCUT2D eigenvalue weighted by molar-refractivity contribution is 5.79. The van der Waals surface area contributed by atoms with Crippen molar-refractivity contribution in [1.29, 1.82) is 0 Å². The summed E-state index contributed by atoms with van der Waals surface area (Å²) in [6.07, 6.45) is 10.4. The van der Waals surface area contributed by atoms with E-state index in [1.165, 1.54) is 44.1 Å². The van der Waals surface area contributed by atoms with Crippen molar-refractivity contribution in [3.63, 3.8) is 0 Å². The first-order valence-electron chi connectivity index (χ1n) is 13.5. The molecule has 184 valence electrons. The van der Waals surface area contributed by atoms with Gasteiger partial charge in [0, 0.05) is 36.5 Å². The maximum absolute atomic E-state index is 13.0. The Morgan fingerprint density at radius 2 is 1.68 bits per heavy atom. The highest BCUT2D eigenvalue weighted by atomic mass is 16.1. The molecule has 34 heavy (non-hydrogen) atoms. The molecule has 3 aliphatic rings. The largest absolute Gasteiger partial charge is 0.349 e. The SMILES string of the molecule is Cc1nnc(C(C)C)n1C1CC2CCC(C1)N2CC[C@H](NC(=O)C1CCCC1)c1ccccc1. The Bertz CT molecular complexity index is 950. The molecule has 1 aromatic heterocycles. The summed E-state index contributed by atoms with van der Waals surface area (Å²) in [5.41, 5.74) is 1.23. The molecule has 1 amide bonds. The van der Waals surface area contributed by atoms with Crippen molar-refractivity contribution in [2.75, 3.05) is 6.54 Å². The number of nitrogens with one attached hydrogen (secondary N) is 1. The van der Waals surface area contributed by atoms with Crippen LogP contribution in [0.5, 0.6) is 0 Å². The first kappa shape index (κ1) is 23.5. The molecule has 6 heteroatoms. The van der Waals surface area contributed by atoms with E-state index in [2.05, 4.69) is 76.1 Å². The van der Waals surface area contributed by atoms with E-state index in [9.17, 15) is 4.79 Å². The van der Waals surface area contributed by atoms with Crippen LogP contribution in [0.3, 0.4) is 0 Å². The van der Waals surface area contributed by atoms with Crippen LogP contribution < -0.4 is 5.32 Å². The molecule has 2 unspecified atom stereocenters. The van der Waals surface area contributed by atoms with Crippen LogP contribution in [-0.2, 0) is 4.79 Å². The van der Waals surface area contributed by atoms with Gasteiger partial charge in [0.1, 0.15) is 11.6 Å². The second kappa shape index (κ2) is 10.2. The van der Waals surface area contributed by atoms with Crippen molar-refractivity contribution in [1.82, 2.24) is 25.0 Å². The molecule has 1 aromatic carbocycles. The molecule has 2 saturated heterocycles. The van der Waals surface area contributed by atoms with E-state index in [0.29, 0.717) is 24.0 Å². The average Bonchev–Trinajstić information content (AvgIpc) is 3.56. The van der Waals surface area contributed by atoms with Gasteiger partial charge in [-0.25, -0.2) is 0 Å². The van der Waals surface area contributed by atoms with Crippen LogP contribution in [0.15, 0.2) is 30.3 Å². The van der Waals surface area contributed by atoms with Gasteiger partial charge in [-0.05, 0) is 57.4 Å². The quantitative estimate of drug-likeness (QED) is 0.576.